The van der Waals surface area contributed by atoms with E-state index in [-0.39, 0.29) is 30.1 Å². The molecule has 3 rings (SSSR count). The molecule has 1 aromatic carbocycles. The molecule has 1 amide bonds. The van der Waals surface area contributed by atoms with Gasteiger partial charge >= 0.3 is 0 Å². The zero-order chi connectivity index (χ0) is 23.5. The van der Waals surface area contributed by atoms with Crippen LogP contribution in [-0.4, -0.2) is 48.3 Å². The highest BCUT2D eigenvalue weighted by Crippen LogP contribution is 2.49. The van der Waals surface area contributed by atoms with E-state index in [1.165, 1.54) is 26.3 Å². The predicted octanol–water partition coefficient (Wildman–Crippen LogP) is 3.26. The first-order valence-electron chi connectivity index (χ1n) is 9.56. The van der Waals surface area contributed by atoms with Gasteiger partial charge in [0.2, 0.25) is 12.0 Å². The number of hydrogen-bond donors (Lipinski definition) is 2. The number of anilines is 1. The van der Waals surface area contributed by atoms with Crippen molar-refractivity contribution in [3.8, 4) is 5.88 Å². The van der Waals surface area contributed by atoms with Crippen molar-refractivity contribution >= 4 is 17.6 Å². The van der Waals surface area contributed by atoms with E-state index < -0.39 is 47.4 Å². The minimum atomic E-state index is -3.61. The van der Waals surface area contributed by atoms with Crippen molar-refractivity contribution in [3.63, 3.8) is 0 Å². The number of aliphatic imine (C=N–C) groups is 1. The molecule has 0 saturated heterocycles. The quantitative estimate of drug-likeness (QED) is 0.359. The summed E-state index contributed by atoms with van der Waals surface area (Å²) in [6.45, 7) is 0. The highest BCUT2D eigenvalue weighted by Gasteiger charge is 2.57. The number of amides is 1. The first-order chi connectivity index (χ1) is 15.2. The lowest BCUT2D eigenvalue weighted by Crippen LogP contribution is -2.44. The monoisotopic (exact) mass is 455 g/mol. The number of carbonyl (C=O) groups excluding carboxylic acids is 1. The Kier molecular flexibility index (Phi) is 6.80. The van der Waals surface area contributed by atoms with Crippen molar-refractivity contribution in [1.82, 2.24) is 10.2 Å². The van der Waals surface area contributed by atoms with E-state index in [1.54, 1.807) is 0 Å². The highest BCUT2D eigenvalue weighted by molar-refractivity contribution is 6.02. The van der Waals surface area contributed by atoms with Crippen LogP contribution in [0.15, 0.2) is 35.3 Å². The van der Waals surface area contributed by atoms with E-state index in [9.17, 15) is 18.0 Å². The number of carbonyl (C=O) groups is 1. The van der Waals surface area contributed by atoms with Crippen LogP contribution in [0.2, 0.25) is 0 Å². The third kappa shape index (κ3) is 5.06. The van der Waals surface area contributed by atoms with Crippen LogP contribution in [0.5, 0.6) is 5.88 Å². The van der Waals surface area contributed by atoms with Crippen LogP contribution in [-0.2, 0) is 4.74 Å². The summed E-state index contributed by atoms with van der Waals surface area (Å²) in [6.07, 6.45) is -4.62. The maximum Gasteiger partial charge on any atom is 0.290 e. The molecular weight excluding hydrogens is 434 g/mol. The molecule has 8 nitrogen and oxygen atoms in total. The number of nitrogens with one attached hydrogen (secondary N) is 1. The number of hydrogen-bond acceptors (Lipinski definition) is 6. The van der Waals surface area contributed by atoms with Gasteiger partial charge in [-0.15, -0.1) is 10.2 Å². The Balaban J connectivity index is 1.85. The van der Waals surface area contributed by atoms with Crippen LogP contribution in [0.3, 0.4) is 0 Å². The predicted molar refractivity (Wildman–Crippen MR) is 107 cm³/mol. The van der Waals surface area contributed by atoms with Gasteiger partial charge in [-0.2, -0.15) is 0 Å². The van der Waals surface area contributed by atoms with Crippen molar-refractivity contribution in [2.45, 2.75) is 31.0 Å². The lowest BCUT2D eigenvalue weighted by atomic mass is 9.97. The van der Waals surface area contributed by atoms with Gasteiger partial charge in [0.25, 0.3) is 17.9 Å². The number of methoxy groups -OCH3 is 1. The van der Waals surface area contributed by atoms with Gasteiger partial charge in [0.15, 0.2) is 11.9 Å². The van der Waals surface area contributed by atoms with E-state index in [2.05, 4.69) is 20.5 Å². The van der Waals surface area contributed by atoms with E-state index in [1.807, 2.05) is 0 Å². The summed E-state index contributed by atoms with van der Waals surface area (Å²) in [4.78, 5) is 15.8. The fourth-order valence-electron chi connectivity index (χ4n) is 2.96. The first-order valence-corrected chi connectivity index (χ1v) is 9.56. The second-order valence-corrected chi connectivity index (χ2v) is 7.10. The maximum atomic E-state index is 15.3. The van der Waals surface area contributed by atoms with Crippen molar-refractivity contribution in [2.75, 3.05) is 19.5 Å². The molecule has 1 fully saturated rings. The van der Waals surface area contributed by atoms with E-state index in [4.69, 9.17) is 15.2 Å². The second-order valence-electron chi connectivity index (χ2n) is 7.10. The Hall–Kier alpha value is -3.44. The van der Waals surface area contributed by atoms with Crippen LogP contribution >= 0.6 is 0 Å². The van der Waals surface area contributed by atoms with Crippen molar-refractivity contribution in [3.05, 3.63) is 47.4 Å². The second kappa shape index (κ2) is 9.37. The van der Waals surface area contributed by atoms with E-state index >= 15 is 4.39 Å². The number of nitrogens with zero attached hydrogens (tertiary/aromatic N) is 3. The lowest BCUT2D eigenvalue weighted by Gasteiger charge is -2.30. The topological polar surface area (TPSA) is 112 Å². The molecule has 1 aliphatic rings. The number of aromatic nitrogens is 2. The molecule has 0 unspecified atom stereocenters. The number of halogens is 4. The summed E-state index contributed by atoms with van der Waals surface area (Å²) in [5.74, 6) is -6.35. The Bertz CT molecular complexity index is 999. The number of amidine groups is 1. The Labute approximate surface area is 180 Å². The minimum absolute atomic E-state index is 0.0442. The molecule has 0 radical (unpaired) electrons. The zero-order valence-corrected chi connectivity index (χ0v) is 17.2. The summed E-state index contributed by atoms with van der Waals surface area (Å²) in [6, 6.07) is 4.99. The molecule has 172 valence electrons. The van der Waals surface area contributed by atoms with Crippen LogP contribution in [0.25, 0.3) is 0 Å². The van der Waals surface area contributed by atoms with Crippen molar-refractivity contribution in [2.24, 2.45) is 16.6 Å². The van der Waals surface area contributed by atoms with E-state index in [0.29, 0.717) is 0 Å². The maximum absolute atomic E-state index is 15.3. The molecule has 0 aliphatic heterocycles. The number of ether oxygens (including phenoxy) is 2. The molecule has 1 aliphatic carbocycles. The minimum Gasteiger partial charge on any atom is -0.480 e. The smallest absolute Gasteiger partial charge is 0.290 e. The fourth-order valence-corrected chi connectivity index (χ4v) is 2.96. The summed E-state index contributed by atoms with van der Waals surface area (Å²) in [7, 11) is 2.56. The SMILES string of the molecule is CN=C(N)O[C@@H]([C@H](F)c1cc(NC(=O)c2ccc(OC)nn2)ccc1F)C(F)(F)C1CC1. The van der Waals surface area contributed by atoms with Crippen LogP contribution in [0.1, 0.15) is 35.1 Å². The van der Waals surface area contributed by atoms with Crippen LogP contribution in [0, 0.1) is 11.7 Å². The summed E-state index contributed by atoms with van der Waals surface area (Å²) < 4.78 is 68.9. The highest BCUT2D eigenvalue weighted by atomic mass is 19.3. The first kappa shape index (κ1) is 23.2. The van der Waals surface area contributed by atoms with Gasteiger partial charge in [-0.3, -0.25) is 4.79 Å². The summed E-state index contributed by atoms with van der Waals surface area (Å²) in [5.41, 5.74) is 4.52. The molecule has 0 bridgehead atoms. The molecule has 32 heavy (non-hydrogen) atoms. The Morgan fingerprint density at radius 3 is 2.56 bits per heavy atom. The molecular formula is C20H21F4N5O3. The third-order valence-corrected chi connectivity index (χ3v) is 4.87. The standard InChI is InChI=1S/C20H21F4N5O3/c1-26-19(25)32-17(20(23,24)10-3-4-10)16(22)12-9-11(5-6-13(12)21)27-18(30)14-7-8-15(31-2)29-28-14/h5-10,16-17H,3-4H2,1-2H3,(H2,25,26)(H,27,30)/t16-,17+/m1/s1. The average Bonchev–Trinajstić information content (AvgIpc) is 3.64. The number of rotatable bonds is 8. The molecule has 2 atom stereocenters. The fraction of sp³-hybridized carbons (Fsp3) is 0.400. The zero-order valence-electron chi connectivity index (χ0n) is 17.2. The summed E-state index contributed by atoms with van der Waals surface area (Å²) >= 11 is 0. The van der Waals surface area contributed by atoms with Gasteiger partial charge < -0.3 is 20.5 Å². The van der Waals surface area contributed by atoms with Gasteiger partial charge in [0.1, 0.15) is 5.82 Å². The molecule has 0 spiro atoms. The van der Waals surface area contributed by atoms with Crippen LogP contribution in [0.4, 0.5) is 23.2 Å². The van der Waals surface area contributed by atoms with Gasteiger partial charge in [0, 0.05) is 30.3 Å². The van der Waals surface area contributed by atoms with Gasteiger partial charge in [-0.25, -0.2) is 22.6 Å². The summed E-state index contributed by atoms with van der Waals surface area (Å²) in [5, 5.41) is 9.71. The largest absolute Gasteiger partial charge is 0.480 e. The Morgan fingerprint density at radius 2 is 2.00 bits per heavy atom. The van der Waals surface area contributed by atoms with Crippen molar-refractivity contribution < 1.29 is 31.8 Å². The van der Waals surface area contributed by atoms with E-state index in [0.717, 1.165) is 18.2 Å². The third-order valence-electron chi connectivity index (χ3n) is 4.87. The molecule has 1 heterocycles. The average molecular weight is 455 g/mol. The van der Waals surface area contributed by atoms with Crippen molar-refractivity contribution in [1.29, 1.82) is 0 Å². The number of benzene rings is 1. The molecule has 2 aromatic rings. The van der Waals surface area contributed by atoms with Gasteiger partial charge in [0.05, 0.1) is 7.11 Å². The lowest BCUT2D eigenvalue weighted by molar-refractivity contribution is -0.145. The normalized spacial score (nSPS) is 16.2. The molecule has 1 aromatic heterocycles. The van der Waals surface area contributed by atoms with Gasteiger partial charge in [-0.05, 0) is 37.1 Å². The molecule has 12 heteroatoms. The molecule has 3 N–H and O–H groups in total. The Morgan fingerprint density at radius 1 is 1.28 bits per heavy atom. The van der Waals surface area contributed by atoms with Gasteiger partial charge in [-0.1, -0.05) is 0 Å². The number of alkyl halides is 3. The van der Waals surface area contributed by atoms with Crippen LogP contribution < -0.4 is 15.8 Å². The number of nitrogens with two attached hydrogens (primary N) is 1. The molecule has 1 saturated carbocycles.